The molecular formula is C16H11BrN2O7. The molecule has 1 aromatic heterocycles. The van der Waals surface area contributed by atoms with Crippen LogP contribution in [0.25, 0.3) is 6.08 Å². The Hall–Kier alpha value is -3.14. The van der Waals surface area contributed by atoms with Gasteiger partial charge in [-0.1, -0.05) is 0 Å². The summed E-state index contributed by atoms with van der Waals surface area (Å²) >= 11 is 3.14. The third-order valence-corrected chi connectivity index (χ3v) is 3.85. The Balaban J connectivity index is 2.07. The van der Waals surface area contributed by atoms with Crippen molar-refractivity contribution in [3.63, 3.8) is 0 Å². The molecule has 134 valence electrons. The number of esters is 1. The van der Waals surface area contributed by atoms with E-state index in [9.17, 15) is 14.9 Å². The molecule has 9 nitrogen and oxygen atoms in total. The molecule has 0 unspecified atom stereocenters. The van der Waals surface area contributed by atoms with Gasteiger partial charge in [-0.15, -0.1) is 0 Å². The van der Waals surface area contributed by atoms with Crippen LogP contribution in [0.5, 0.6) is 11.5 Å². The first-order valence-electron chi connectivity index (χ1n) is 7.11. The van der Waals surface area contributed by atoms with Gasteiger partial charge in [0.15, 0.2) is 27.6 Å². The number of ether oxygens (including phenoxy) is 3. The van der Waals surface area contributed by atoms with Crippen LogP contribution in [0, 0.1) is 10.1 Å². The highest BCUT2D eigenvalue weighted by molar-refractivity contribution is 9.10. The quantitative estimate of drug-likeness (QED) is 0.314. The average Bonchev–Trinajstić information content (AvgIpc) is 3.20. The molecule has 1 aliphatic heterocycles. The smallest absolute Gasteiger partial charge is 0.363 e. The first-order chi connectivity index (χ1) is 12.4. The van der Waals surface area contributed by atoms with Gasteiger partial charge in [-0.3, -0.25) is 10.1 Å². The number of nitro groups is 1. The zero-order valence-electron chi connectivity index (χ0n) is 13.5. The largest absolute Gasteiger partial charge is 0.493 e. The minimum atomic E-state index is -0.753. The van der Waals surface area contributed by atoms with E-state index in [-0.39, 0.29) is 40.1 Å². The SMILES string of the molecule is COc1cc(C=C2N=C(c3ccc(Br)o3)OC2=O)c([N+](=O)[O-])cc1OC. The highest BCUT2D eigenvalue weighted by Crippen LogP contribution is 2.36. The molecule has 3 rings (SSSR count). The minimum absolute atomic E-state index is 0.0323. The fourth-order valence-corrected chi connectivity index (χ4v) is 2.56. The average molecular weight is 423 g/mol. The van der Waals surface area contributed by atoms with E-state index in [1.807, 2.05) is 0 Å². The molecule has 26 heavy (non-hydrogen) atoms. The van der Waals surface area contributed by atoms with Gasteiger partial charge >= 0.3 is 5.97 Å². The van der Waals surface area contributed by atoms with Crippen LogP contribution in [0.1, 0.15) is 11.3 Å². The lowest BCUT2D eigenvalue weighted by Gasteiger charge is -2.08. The summed E-state index contributed by atoms with van der Waals surface area (Å²) in [4.78, 5) is 26.8. The van der Waals surface area contributed by atoms with E-state index >= 15 is 0 Å². The lowest BCUT2D eigenvalue weighted by molar-refractivity contribution is -0.385. The summed E-state index contributed by atoms with van der Waals surface area (Å²) in [5.74, 6) is -0.0717. The molecule has 1 aromatic carbocycles. The van der Waals surface area contributed by atoms with E-state index in [1.54, 1.807) is 12.1 Å². The van der Waals surface area contributed by atoms with Crippen LogP contribution in [0.3, 0.4) is 0 Å². The predicted octanol–water partition coefficient (Wildman–Crippen LogP) is 3.31. The number of furan rings is 1. The standard InChI is InChI=1S/C16H11BrN2O7/c1-23-12-6-8(10(19(21)22)7-13(12)24-2)5-9-16(20)26-15(18-9)11-3-4-14(17)25-11/h3-7H,1-2H3. The molecule has 0 saturated carbocycles. The molecule has 0 atom stereocenters. The maximum atomic E-state index is 12.0. The number of hydrogen-bond donors (Lipinski definition) is 0. The summed E-state index contributed by atoms with van der Waals surface area (Å²) in [5, 5.41) is 11.3. The van der Waals surface area contributed by atoms with Crippen LogP contribution in [-0.4, -0.2) is 31.0 Å². The Morgan fingerprint density at radius 2 is 1.92 bits per heavy atom. The number of carbonyl (C=O) groups excluding carboxylic acids is 1. The number of halogens is 1. The van der Waals surface area contributed by atoms with Crippen molar-refractivity contribution in [2.45, 2.75) is 0 Å². The van der Waals surface area contributed by atoms with Gasteiger partial charge in [-0.05, 0) is 40.2 Å². The van der Waals surface area contributed by atoms with Gasteiger partial charge in [0.2, 0.25) is 0 Å². The van der Waals surface area contributed by atoms with Crippen molar-refractivity contribution >= 4 is 39.6 Å². The normalized spacial score (nSPS) is 15.0. The Morgan fingerprint density at radius 1 is 1.23 bits per heavy atom. The molecule has 0 N–H and O–H groups in total. The maximum absolute atomic E-state index is 12.0. The van der Waals surface area contributed by atoms with Crippen molar-refractivity contribution in [3.05, 3.63) is 56.1 Å². The van der Waals surface area contributed by atoms with Crippen molar-refractivity contribution in [3.8, 4) is 11.5 Å². The summed E-state index contributed by atoms with van der Waals surface area (Å²) in [5.41, 5.74) is -0.264. The summed E-state index contributed by atoms with van der Waals surface area (Å²) in [6, 6.07) is 5.78. The summed E-state index contributed by atoms with van der Waals surface area (Å²) in [6.07, 6.45) is 1.24. The Kier molecular flexibility index (Phi) is 4.76. The summed E-state index contributed by atoms with van der Waals surface area (Å²) < 4.78 is 21.0. The number of nitrogens with zero attached hydrogens (tertiary/aromatic N) is 2. The molecule has 0 aliphatic carbocycles. The predicted molar refractivity (Wildman–Crippen MR) is 93.2 cm³/mol. The molecule has 0 radical (unpaired) electrons. The van der Waals surface area contributed by atoms with E-state index in [4.69, 9.17) is 18.6 Å². The van der Waals surface area contributed by atoms with Gasteiger partial charge < -0.3 is 18.6 Å². The van der Waals surface area contributed by atoms with Crippen molar-refractivity contribution in [1.82, 2.24) is 0 Å². The lowest BCUT2D eigenvalue weighted by atomic mass is 10.1. The molecule has 2 aromatic rings. The van der Waals surface area contributed by atoms with Gasteiger partial charge in [-0.25, -0.2) is 9.79 Å². The van der Waals surface area contributed by atoms with Crippen LogP contribution in [-0.2, 0) is 9.53 Å². The van der Waals surface area contributed by atoms with Crippen LogP contribution in [0.2, 0.25) is 0 Å². The number of benzene rings is 1. The zero-order valence-corrected chi connectivity index (χ0v) is 15.1. The maximum Gasteiger partial charge on any atom is 0.363 e. The fraction of sp³-hybridized carbons (Fsp3) is 0.125. The third-order valence-electron chi connectivity index (χ3n) is 3.43. The second-order valence-electron chi connectivity index (χ2n) is 4.96. The van der Waals surface area contributed by atoms with E-state index < -0.39 is 10.9 Å². The van der Waals surface area contributed by atoms with E-state index in [2.05, 4.69) is 20.9 Å². The minimum Gasteiger partial charge on any atom is -0.493 e. The Bertz CT molecular complexity index is 962. The molecule has 0 saturated heterocycles. The summed E-state index contributed by atoms with van der Waals surface area (Å²) in [6.45, 7) is 0. The second kappa shape index (κ2) is 7.00. The number of methoxy groups -OCH3 is 2. The Labute approximate surface area is 155 Å². The fourth-order valence-electron chi connectivity index (χ4n) is 2.25. The van der Waals surface area contributed by atoms with E-state index in [0.717, 1.165) is 0 Å². The number of cyclic esters (lactones) is 1. The number of nitro benzene ring substituents is 1. The lowest BCUT2D eigenvalue weighted by Crippen LogP contribution is -2.04. The number of hydrogen-bond acceptors (Lipinski definition) is 8. The number of rotatable bonds is 5. The topological polar surface area (TPSA) is 113 Å². The third kappa shape index (κ3) is 3.31. The highest BCUT2D eigenvalue weighted by atomic mass is 79.9. The van der Waals surface area contributed by atoms with Crippen molar-refractivity contribution in [2.24, 2.45) is 4.99 Å². The molecule has 10 heteroatoms. The van der Waals surface area contributed by atoms with E-state index in [1.165, 1.54) is 32.4 Å². The molecule has 0 bridgehead atoms. The number of aliphatic imine (C=N–C) groups is 1. The van der Waals surface area contributed by atoms with Crippen molar-refractivity contribution in [1.29, 1.82) is 0 Å². The van der Waals surface area contributed by atoms with Crippen molar-refractivity contribution in [2.75, 3.05) is 14.2 Å². The molecule has 2 heterocycles. The summed E-state index contributed by atoms with van der Waals surface area (Å²) in [7, 11) is 2.77. The highest BCUT2D eigenvalue weighted by Gasteiger charge is 2.28. The monoisotopic (exact) mass is 422 g/mol. The molecule has 0 fully saturated rings. The van der Waals surface area contributed by atoms with Gasteiger partial charge in [0, 0.05) is 0 Å². The van der Waals surface area contributed by atoms with Crippen LogP contribution >= 0.6 is 15.9 Å². The van der Waals surface area contributed by atoms with Crippen LogP contribution in [0.4, 0.5) is 5.69 Å². The van der Waals surface area contributed by atoms with Gasteiger partial charge in [0.1, 0.15) is 0 Å². The Morgan fingerprint density at radius 3 is 2.50 bits per heavy atom. The zero-order chi connectivity index (χ0) is 18.8. The molecule has 0 amide bonds. The first-order valence-corrected chi connectivity index (χ1v) is 7.91. The first kappa shape index (κ1) is 17.7. The van der Waals surface area contributed by atoms with E-state index in [0.29, 0.717) is 4.67 Å². The second-order valence-corrected chi connectivity index (χ2v) is 5.74. The molecular weight excluding hydrogens is 412 g/mol. The van der Waals surface area contributed by atoms with Gasteiger partial charge in [0.25, 0.3) is 11.6 Å². The van der Waals surface area contributed by atoms with Crippen LogP contribution in [0.15, 0.2) is 44.0 Å². The van der Waals surface area contributed by atoms with Crippen molar-refractivity contribution < 1.29 is 28.3 Å². The molecule has 1 aliphatic rings. The van der Waals surface area contributed by atoms with Crippen LogP contribution < -0.4 is 9.47 Å². The number of carbonyl (C=O) groups is 1. The van der Waals surface area contributed by atoms with Gasteiger partial charge in [-0.2, -0.15) is 0 Å². The van der Waals surface area contributed by atoms with Gasteiger partial charge in [0.05, 0.1) is 30.8 Å². The molecule has 0 spiro atoms.